The lowest BCUT2D eigenvalue weighted by Gasteiger charge is -2.19. The standard InChI is InChI=1S/C14H17N3O5S/c1-3-10-8-9-17(15-10)14(19)16-23(20,21)12-7-5-4-6-11(12)13(18)22-2/h4-8,15H,3,9H2,1-2H3,(H,16,19). The number of nitrogens with zero attached hydrogens (tertiary/aromatic N) is 1. The third-order valence-corrected chi connectivity index (χ3v) is 4.61. The van der Waals surface area contributed by atoms with E-state index in [2.05, 4.69) is 10.2 Å². The van der Waals surface area contributed by atoms with Crippen molar-refractivity contribution in [2.24, 2.45) is 0 Å². The molecule has 0 atom stereocenters. The van der Waals surface area contributed by atoms with Crippen LogP contribution in [0.3, 0.4) is 0 Å². The summed E-state index contributed by atoms with van der Waals surface area (Å²) in [5.41, 5.74) is 3.47. The molecule has 124 valence electrons. The van der Waals surface area contributed by atoms with Gasteiger partial charge in [-0.05, 0) is 24.6 Å². The number of hydrazine groups is 1. The van der Waals surface area contributed by atoms with Crippen molar-refractivity contribution in [3.8, 4) is 0 Å². The summed E-state index contributed by atoms with van der Waals surface area (Å²) in [5.74, 6) is -0.798. The summed E-state index contributed by atoms with van der Waals surface area (Å²) in [6.07, 6.45) is 2.48. The first kappa shape index (κ1) is 16.8. The third-order valence-electron chi connectivity index (χ3n) is 3.23. The fourth-order valence-electron chi connectivity index (χ4n) is 2.03. The van der Waals surface area contributed by atoms with Gasteiger partial charge in [-0.2, -0.15) is 0 Å². The molecule has 0 saturated heterocycles. The van der Waals surface area contributed by atoms with Gasteiger partial charge in [0.2, 0.25) is 0 Å². The maximum atomic E-state index is 12.4. The summed E-state index contributed by atoms with van der Waals surface area (Å²) in [6.45, 7) is 2.16. The molecule has 8 nitrogen and oxygen atoms in total. The molecular weight excluding hydrogens is 322 g/mol. The van der Waals surface area contributed by atoms with Gasteiger partial charge < -0.3 is 4.74 Å². The van der Waals surface area contributed by atoms with Crippen molar-refractivity contribution in [1.29, 1.82) is 0 Å². The van der Waals surface area contributed by atoms with Gasteiger partial charge in [0.25, 0.3) is 10.0 Å². The van der Waals surface area contributed by atoms with Crippen molar-refractivity contribution in [1.82, 2.24) is 15.2 Å². The fraction of sp³-hybridized carbons (Fsp3) is 0.286. The van der Waals surface area contributed by atoms with Gasteiger partial charge in [0.15, 0.2) is 0 Å². The maximum Gasteiger partial charge on any atom is 0.350 e. The first-order chi connectivity index (χ1) is 10.9. The Kier molecular flexibility index (Phi) is 4.89. The van der Waals surface area contributed by atoms with E-state index in [0.717, 1.165) is 17.8 Å². The Labute approximate surface area is 134 Å². The molecule has 0 spiro atoms. The molecule has 1 aliphatic rings. The summed E-state index contributed by atoms with van der Waals surface area (Å²) >= 11 is 0. The van der Waals surface area contributed by atoms with Crippen LogP contribution < -0.4 is 10.1 Å². The van der Waals surface area contributed by atoms with Gasteiger partial charge in [0, 0.05) is 5.70 Å². The van der Waals surface area contributed by atoms with Gasteiger partial charge in [0.05, 0.1) is 19.2 Å². The van der Waals surface area contributed by atoms with Crippen LogP contribution in [0.4, 0.5) is 4.79 Å². The molecule has 2 N–H and O–H groups in total. The number of benzene rings is 1. The number of amides is 2. The van der Waals surface area contributed by atoms with Crippen LogP contribution in [0.5, 0.6) is 0 Å². The van der Waals surface area contributed by atoms with Crippen molar-refractivity contribution in [3.05, 3.63) is 41.6 Å². The van der Waals surface area contributed by atoms with Crippen molar-refractivity contribution in [2.45, 2.75) is 18.2 Å². The number of carbonyl (C=O) groups excluding carboxylic acids is 2. The lowest BCUT2D eigenvalue weighted by molar-refractivity contribution is 0.0596. The Morgan fingerprint density at radius 3 is 2.65 bits per heavy atom. The number of urea groups is 1. The lowest BCUT2D eigenvalue weighted by Crippen LogP contribution is -2.46. The van der Waals surface area contributed by atoms with Crippen LogP contribution in [0.2, 0.25) is 0 Å². The molecule has 0 unspecified atom stereocenters. The van der Waals surface area contributed by atoms with Gasteiger partial charge in [-0.25, -0.2) is 27.7 Å². The topological polar surface area (TPSA) is 105 Å². The maximum absolute atomic E-state index is 12.4. The van der Waals surface area contributed by atoms with Gasteiger partial charge >= 0.3 is 12.0 Å². The largest absolute Gasteiger partial charge is 0.465 e. The smallest absolute Gasteiger partial charge is 0.350 e. The van der Waals surface area contributed by atoms with E-state index < -0.39 is 22.0 Å². The van der Waals surface area contributed by atoms with Crippen LogP contribution in [0.15, 0.2) is 40.9 Å². The highest BCUT2D eigenvalue weighted by molar-refractivity contribution is 7.90. The molecule has 0 fully saturated rings. The molecule has 0 bridgehead atoms. The van der Waals surface area contributed by atoms with Gasteiger partial charge in [-0.3, -0.25) is 5.43 Å². The average Bonchev–Trinajstić information content (AvgIpc) is 3.03. The number of nitrogens with one attached hydrogen (secondary N) is 2. The Morgan fingerprint density at radius 2 is 2.04 bits per heavy atom. The molecule has 0 radical (unpaired) electrons. The molecule has 0 aliphatic carbocycles. The van der Waals surface area contributed by atoms with Crippen LogP contribution in [0.25, 0.3) is 0 Å². The molecular formula is C14H17N3O5S. The Hall–Kier alpha value is -2.55. The average molecular weight is 339 g/mol. The third kappa shape index (κ3) is 3.62. The summed E-state index contributed by atoms with van der Waals surface area (Å²) in [4.78, 5) is 23.4. The van der Waals surface area contributed by atoms with Gasteiger partial charge in [-0.15, -0.1) is 0 Å². The second-order valence-electron chi connectivity index (χ2n) is 4.70. The molecule has 2 rings (SSSR count). The molecule has 0 saturated carbocycles. The summed E-state index contributed by atoms with van der Waals surface area (Å²) in [6, 6.07) is 4.68. The van der Waals surface area contributed by atoms with Crippen molar-refractivity contribution in [3.63, 3.8) is 0 Å². The molecule has 23 heavy (non-hydrogen) atoms. The second-order valence-corrected chi connectivity index (χ2v) is 6.35. The number of methoxy groups -OCH3 is 1. The Balaban J connectivity index is 2.20. The van der Waals surface area contributed by atoms with E-state index in [-0.39, 0.29) is 17.0 Å². The van der Waals surface area contributed by atoms with Crippen LogP contribution in [-0.4, -0.2) is 39.1 Å². The van der Waals surface area contributed by atoms with Crippen molar-refractivity contribution < 1.29 is 22.7 Å². The zero-order valence-corrected chi connectivity index (χ0v) is 13.5. The van der Waals surface area contributed by atoms with E-state index in [0.29, 0.717) is 6.42 Å². The number of hydrogen-bond acceptors (Lipinski definition) is 6. The Bertz CT molecular complexity index is 757. The fourth-order valence-corrected chi connectivity index (χ4v) is 3.18. The summed E-state index contributed by atoms with van der Waals surface area (Å²) in [7, 11) is -3.06. The van der Waals surface area contributed by atoms with Crippen LogP contribution >= 0.6 is 0 Å². The number of sulfonamides is 1. The minimum absolute atomic E-state index is 0.142. The number of esters is 1. The minimum Gasteiger partial charge on any atom is -0.465 e. The SMILES string of the molecule is CCC1=CCN(C(=O)NS(=O)(=O)c2ccccc2C(=O)OC)N1. The minimum atomic E-state index is -4.21. The van der Waals surface area contributed by atoms with Crippen LogP contribution in [-0.2, 0) is 14.8 Å². The van der Waals surface area contributed by atoms with E-state index in [9.17, 15) is 18.0 Å². The highest BCUT2D eigenvalue weighted by Crippen LogP contribution is 2.17. The highest BCUT2D eigenvalue weighted by atomic mass is 32.2. The van der Waals surface area contributed by atoms with E-state index >= 15 is 0 Å². The van der Waals surface area contributed by atoms with Crippen molar-refractivity contribution >= 4 is 22.0 Å². The predicted octanol–water partition coefficient (Wildman–Crippen LogP) is 0.986. The number of allylic oxidation sites excluding steroid dienone is 1. The molecule has 1 aliphatic heterocycles. The quantitative estimate of drug-likeness (QED) is 0.793. The Morgan fingerprint density at radius 1 is 1.35 bits per heavy atom. The molecule has 9 heteroatoms. The van der Waals surface area contributed by atoms with E-state index in [1.165, 1.54) is 24.3 Å². The zero-order valence-electron chi connectivity index (χ0n) is 12.7. The number of rotatable bonds is 4. The summed E-state index contributed by atoms with van der Waals surface area (Å²) < 4.78 is 31.3. The van der Waals surface area contributed by atoms with E-state index in [1.807, 2.05) is 11.6 Å². The molecule has 2 amide bonds. The number of hydrogen-bond donors (Lipinski definition) is 2. The van der Waals surface area contributed by atoms with Crippen LogP contribution in [0, 0.1) is 0 Å². The number of carbonyl (C=O) groups is 2. The second kappa shape index (κ2) is 6.69. The molecule has 1 aromatic carbocycles. The van der Waals surface area contributed by atoms with Crippen molar-refractivity contribution in [2.75, 3.05) is 13.7 Å². The molecule has 0 aromatic heterocycles. The van der Waals surface area contributed by atoms with Crippen LogP contribution in [0.1, 0.15) is 23.7 Å². The molecule has 1 aromatic rings. The first-order valence-electron chi connectivity index (χ1n) is 6.86. The van der Waals surface area contributed by atoms with Gasteiger partial charge in [-0.1, -0.05) is 19.1 Å². The molecule has 1 heterocycles. The van der Waals surface area contributed by atoms with Gasteiger partial charge in [0.1, 0.15) is 4.90 Å². The highest BCUT2D eigenvalue weighted by Gasteiger charge is 2.27. The number of ether oxygens (including phenoxy) is 1. The zero-order chi connectivity index (χ0) is 17.0. The normalized spacial score (nSPS) is 14.0. The van der Waals surface area contributed by atoms with E-state index in [4.69, 9.17) is 0 Å². The first-order valence-corrected chi connectivity index (χ1v) is 8.34. The summed E-state index contributed by atoms with van der Waals surface area (Å²) in [5, 5.41) is 1.14. The van der Waals surface area contributed by atoms with E-state index in [1.54, 1.807) is 6.08 Å². The lowest BCUT2D eigenvalue weighted by atomic mass is 10.2. The monoisotopic (exact) mass is 339 g/mol. The predicted molar refractivity (Wildman–Crippen MR) is 81.7 cm³/mol.